The van der Waals surface area contributed by atoms with Gasteiger partial charge in [-0.1, -0.05) is 23.9 Å². The topological polar surface area (TPSA) is 78.3 Å². The second-order valence-corrected chi connectivity index (χ2v) is 7.76. The van der Waals surface area contributed by atoms with Gasteiger partial charge in [-0.15, -0.1) is 22.0 Å². The van der Waals surface area contributed by atoms with Crippen molar-refractivity contribution in [1.29, 1.82) is 0 Å². The smallest absolute Gasteiger partial charge is 0.234 e. The van der Waals surface area contributed by atoms with Crippen molar-refractivity contribution in [2.75, 3.05) is 24.1 Å². The van der Waals surface area contributed by atoms with Crippen molar-refractivity contribution in [3.63, 3.8) is 0 Å². The number of benzene rings is 2. The first kappa shape index (κ1) is 18.7. The molecular weight excluding hydrogens is 396 g/mol. The van der Waals surface area contributed by atoms with Gasteiger partial charge in [-0.3, -0.25) is 4.79 Å². The summed E-state index contributed by atoms with van der Waals surface area (Å²) in [7, 11) is 1.88. The number of hydrogen-bond donors (Lipinski definition) is 1. The molecule has 1 aliphatic rings. The molecule has 2 heterocycles. The van der Waals surface area contributed by atoms with E-state index < -0.39 is 0 Å². The van der Waals surface area contributed by atoms with E-state index in [1.807, 2.05) is 60.3 Å². The van der Waals surface area contributed by atoms with Crippen molar-refractivity contribution >= 4 is 35.1 Å². The van der Waals surface area contributed by atoms with E-state index in [0.29, 0.717) is 16.7 Å². The van der Waals surface area contributed by atoms with Crippen LogP contribution in [0.3, 0.4) is 0 Å². The zero-order valence-corrected chi connectivity index (χ0v) is 17.0. The van der Waals surface area contributed by atoms with Crippen LogP contribution < -0.4 is 14.8 Å². The maximum Gasteiger partial charge on any atom is 0.234 e. The highest BCUT2D eigenvalue weighted by molar-refractivity contribution is 7.99. The predicted octanol–water partition coefficient (Wildman–Crippen LogP) is 3.66. The first-order valence-electron chi connectivity index (χ1n) is 8.51. The van der Waals surface area contributed by atoms with Gasteiger partial charge in [0.15, 0.2) is 22.5 Å². The van der Waals surface area contributed by atoms with Gasteiger partial charge in [-0.05, 0) is 36.6 Å². The summed E-state index contributed by atoms with van der Waals surface area (Å²) < 4.78 is 12.6. The van der Waals surface area contributed by atoms with E-state index in [1.54, 1.807) is 11.8 Å². The summed E-state index contributed by atoms with van der Waals surface area (Å²) in [6, 6.07) is 13.4. The number of carbonyl (C=O) groups excluding carboxylic acids is 1. The third kappa shape index (κ3) is 3.81. The minimum Gasteiger partial charge on any atom is -0.454 e. The number of thioether (sulfide) groups is 2. The summed E-state index contributed by atoms with van der Waals surface area (Å²) in [6.07, 6.45) is 1.98. The van der Waals surface area contributed by atoms with Crippen molar-refractivity contribution in [1.82, 2.24) is 14.8 Å². The minimum absolute atomic E-state index is 0.0841. The zero-order valence-electron chi connectivity index (χ0n) is 15.3. The molecule has 0 saturated carbocycles. The van der Waals surface area contributed by atoms with E-state index in [1.165, 1.54) is 11.8 Å². The molecule has 0 atom stereocenters. The average molecular weight is 415 g/mol. The van der Waals surface area contributed by atoms with Gasteiger partial charge in [-0.2, -0.15) is 0 Å². The Morgan fingerprint density at radius 2 is 2.00 bits per heavy atom. The summed E-state index contributed by atoms with van der Waals surface area (Å²) in [5.41, 5.74) is 1.70. The molecule has 0 radical (unpaired) electrons. The molecule has 1 N–H and O–H groups in total. The molecule has 1 aromatic heterocycles. The molecule has 0 saturated heterocycles. The first-order chi connectivity index (χ1) is 13.7. The van der Waals surface area contributed by atoms with Crippen LogP contribution >= 0.6 is 23.5 Å². The van der Waals surface area contributed by atoms with E-state index in [4.69, 9.17) is 9.47 Å². The largest absolute Gasteiger partial charge is 0.454 e. The maximum atomic E-state index is 12.3. The number of para-hydroxylation sites is 1. The number of amides is 1. The number of anilines is 1. The van der Waals surface area contributed by atoms with Gasteiger partial charge in [-0.25, -0.2) is 0 Å². The quantitative estimate of drug-likeness (QED) is 0.617. The highest BCUT2D eigenvalue weighted by Crippen LogP contribution is 2.35. The molecule has 2 aromatic carbocycles. The Morgan fingerprint density at radius 3 is 2.86 bits per heavy atom. The molecule has 3 aromatic rings. The lowest BCUT2D eigenvalue weighted by Gasteiger charge is -2.09. The number of nitrogens with zero attached hydrogens (tertiary/aromatic N) is 3. The van der Waals surface area contributed by atoms with Gasteiger partial charge in [0, 0.05) is 17.5 Å². The normalized spacial score (nSPS) is 12.2. The molecule has 4 rings (SSSR count). The highest BCUT2D eigenvalue weighted by atomic mass is 32.2. The van der Waals surface area contributed by atoms with Gasteiger partial charge < -0.3 is 19.4 Å². The number of carbonyl (C=O) groups is 1. The predicted molar refractivity (Wildman–Crippen MR) is 110 cm³/mol. The maximum absolute atomic E-state index is 12.3. The number of ether oxygens (including phenoxy) is 2. The van der Waals surface area contributed by atoms with Crippen molar-refractivity contribution in [3.05, 3.63) is 42.5 Å². The van der Waals surface area contributed by atoms with Crippen LogP contribution in [0.25, 0.3) is 11.4 Å². The fourth-order valence-corrected chi connectivity index (χ4v) is 4.06. The Labute approximate surface area is 170 Å². The SMILES string of the molecule is CSc1ccccc1NC(=O)CSc1nnc(-c2ccc3c(c2)OCO3)n1C. The minimum atomic E-state index is -0.0841. The summed E-state index contributed by atoms with van der Waals surface area (Å²) in [6.45, 7) is 0.230. The summed E-state index contributed by atoms with van der Waals surface area (Å²) >= 11 is 2.94. The fraction of sp³-hybridized carbons (Fsp3) is 0.211. The molecule has 144 valence electrons. The van der Waals surface area contributed by atoms with Gasteiger partial charge in [0.05, 0.1) is 11.4 Å². The Hall–Kier alpha value is -2.65. The molecule has 0 bridgehead atoms. The summed E-state index contributed by atoms with van der Waals surface area (Å²) in [4.78, 5) is 13.4. The van der Waals surface area contributed by atoms with Gasteiger partial charge in [0.2, 0.25) is 12.7 Å². The molecule has 0 unspecified atom stereocenters. The molecule has 28 heavy (non-hydrogen) atoms. The standard InChI is InChI=1S/C19H18N4O3S2/c1-23-18(12-7-8-14-15(9-12)26-11-25-14)21-22-19(23)28-10-17(24)20-13-5-3-4-6-16(13)27-2/h3-9H,10-11H2,1-2H3,(H,20,24). The van der Waals surface area contributed by atoms with Crippen LogP contribution in [0.4, 0.5) is 5.69 Å². The number of rotatable bonds is 6. The van der Waals surface area contributed by atoms with Crippen molar-refractivity contribution in [3.8, 4) is 22.9 Å². The van der Waals surface area contributed by atoms with Crippen LogP contribution in [0.1, 0.15) is 0 Å². The Kier molecular flexibility index (Phi) is 5.45. The average Bonchev–Trinajstić information content (AvgIpc) is 3.32. The Bertz CT molecular complexity index is 1020. The van der Waals surface area contributed by atoms with E-state index >= 15 is 0 Å². The molecule has 7 nitrogen and oxygen atoms in total. The van der Waals surface area contributed by atoms with Crippen LogP contribution in [-0.4, -0.2) is 39.5 Å². The molecular formula is C19H18N4O3S2. The lowest BCUT2D eigenvalue weighted by atomic mass is 10.2. The number of hydrogen-bond acceptors (Lipinski definition) is 7. The van der Waals surface area contributed by atoms with Crippen LogP contribution in [0, 0.1) is 0 Å². The van der Waals surface area contributed by atoms with Gasteiger partial charge in [0.1, 0.15) is 0 Å². The fourth-order valence-electron chi connectivity index (χ4n) is 2.79. The van der Waals surface area contributed by atoms with E-state index in [2.05, 4.69) is 15.5 Å². The molecule has 1 amide bonds. The Balaban J connectivity index is 1.43. The van der Waals surface area contributed by atoms with Crippen LogP contribution in [0.15, 0.2) is 52.5 Å². The molecule has 1 aliphatic heterocycles. The van der Waals surface area contributed by atoms with Crippen LogP contribution in [0.2, 0.25) is 0 Å². The molecule has 0 spiro atoms. The van der Waals surface area contributed by atoms with E-state index in [9.17, 15) is 4.79 Å². The first-order valence-corrected chi connectivity index (χ1v) is 10.7. The van der Waals surface area contributed by atoms with Gasteiger partial charge >= 0.3 is 0 Å². The van der Waals surface area contributed by atoms with Crippen molar-refractivity contribution in [2.24, 2.45) is 7.05 Å². The van der Waals surface area contributed by atoms with E-state index in [-0.39, 0.29) is 18.5 Å². The number of fused-ring (bicyclic) bond motifs is 1. The number of nitrogens with one attached hydrogen (secondary N) is 1. The van der Waals surface area contributed by atoms with Crippen molar-refractivity contribution < 1.29 is 14.3 Å². The lowest BCUT2D eigenvalue weighted by molar-refractivity contribution is -0.113. The van der Waals surface area contributed by atoms with Crippen LogP contribution in [0.5, 0.6) is 11.5 Å². The third-order valence-electron chi connectivity index (χ3n) is 4.18. The summed E-state index contributed by atoms with van der Waals surface area (Å²) in [5, 5.41) is 12.1. The highest BCUT2D eigenvalue weighted by Gasteiger charge is 2.18. The number of aromatic nitrogens is 3. The second-order valence-electron chi connectivity index (χ2n) is 5.97. The summed E-state index contributed by atoms with van der Waals surface area (Å²) in [5.74, 6) is 2.29. The van der Waals surface area contributed by atoms with Crippen LogP contribution in [-0.2, 0) is 11.8 Å². The second kappa shape index (κ2) is 8.15. The molecule has 9 heteroatoms. The third-order valence-corrected chi connectivity index (χ3v) is 6.00. The van der Waals surface area contributed by atoms with Crippen molar-refractivity contribution in [2.45, 2.75) is 10.1 Å². The zero-order chi connectivity index (χ0) is 19.5. The lowest BCUT2D eigenvalue weighted by Crippen LogP contribution is -2.15. The molecule has 0 aliphatic carbocycles. The molecule has 0 fully saturated rings. The van der Waals surface area contributed by atoms with Gasteiger partial charge in [0.25, 0.3) is 0 Å². The Morgan fingerprint density at radius 1 is 1.18 bits per heavy atom. The monoisotopic (exact) mass is 414 g/mol. The van der Waals surface area contributed by atoms with E-state index in [0.717, 1.165) is 21.9 Å².